The quantitative estimate of drug-likeness (QED) is 0.545. The summed E-state index contributed by atoms with van der Waals surface area (Å²) in [4.78, 5) is 26.7. The second-order valence-electron chi connectivity index (χ2n) is 6.97. The number of rotatable bonds is 6. The highest BCUT2D eigenvalue weighted by atomic mass is 16.5. The van der Waals surface area contributed by atoms with Crippen molar-refractivity contribution in [3.8, 4) is 5.75 Å². The molecule has 5 nitrogen and oxygen atoms in total. The van der Waals surface area contributed by atoms with E-state index in [1.165, 1.54) is 13.2 Å². The summed E-state index contributed by atoms with van der Waals surface area (Å²) in [5.41, 5.74) is 3.33. The molecule has 1 aliphatic heterocycles. The van der Waals surface area contributed by atoms with Crippen molar-refractivity contribution in [1.82, 2.24) is 4.90 Å². The van der Waals surface area contributed by atoms with E-state index in [4.69, 9.17) is 9.47 Å². The Morgan fingerprint density at radius 2 is 1.79 bits per heavy atom. The highest BCUT2D eigenvalue weighted by Crippen LogP contribution is 2.35. The van der Waals surface area contributed by atoms with Gasteiger partial charge in [-0.3, -0.25) is 4.79 Å². The lowest BCUT2D eigenvalue weighted by atomic mass is 9.90. The Morgan fingerprint density at radius 1 is 1.10 bits per heavy atom. The van der Waals surface area contributed by atoms with E-state index in [0.29, 0.717) is 24.1 Å². The third kappa shape index (κ3) is 4.93. The van der Waals surface area contributed by atoms with Crippen LogP contribution in [0.15, 0.2) is 78.0 Å². The first-order valence-electron chi connectivity index (χ1n) is 9.47. The molecule has 0 saturated heterocycles. The van der Waals surface area contributed by atoms with Crippen LogP contribution in [-0.4, -0.2) is 30.9 Å². The summed E-state index contributed by atoms with van der Waals surface area (Å²) in [7, 11) is 2.96. The lowest BCUT2D eigenvalue weighted by Crippen LogP contribution is -2.31. The minimum atomic E-state index is -0.469. The Morgan fingerprint density at radius 3 is 2.41 bits per heavy atom. The van der Waals surface area contributed by atoms with Gasteiger partial charge in [-0.05, 0) is 35.8 Å². The zero-order valence-electron chi connectivity index (χ0n) is 16.9. The summed E-state index contributed by atoms with van der Waals surface area (Å²) < 4.78 is 9.95. The number of carbonyl (C=O) groups excluding carboxylic acids is 2. The average Bonchev–Trinajstić information content (AvgIpc) is 2.75. The van der Waals surface area contributed by atoms with Gasteiger partial charge in [0.1, 0.15) is 5.75 Å². The summed E-state index contributed by atoms with van der Waals surface area (Å²) >= 11 is 0. The van der Waals surface area contributed by atoms with Crippen molar-refractivity contribution in [2.75, 3.05) is 14.2 Å². The number of esters is 1. The van der Waals surface area contributed by atoms with E-state index in [1.807, 2.05) is 48.7 Å². The number of hydrogen-bond acceptors (Lipinski definition) is 5. The van der Waals surface area contributed by atoms with Crippen LogP contribution < -0.4 is 4.74 Å². The van der Waals surface area contributed by atoms with Crippen molar-refractivity contribution in [2.45, 2.75) is 25.9 Å². The summed E-state index contributed by atoms with van der Waals surface area (Å²) in [6.07, 6.45) is 3.55. The summed E-state index contributed by atoms with van der Waals surface area (Å²) in [5, 5.41) is 0. The highest BCUT2D eigenvalue weighted by molar-refractivity contribution is 6.02. The molecule has 0 spiro atoms. The topological polar surface area (TPSA) is 55.8 Å². The van der Waals surface area contributed by atoms with Crippen LogP contribution in [0.1, 0.15) is 30.5 Å². The van der Waals surface area contributed by atoms with Crippen LogP contribution in [0.25, 0.3) is 0 Å². The van der Waals surface area contributed by atoms with Gasteiger partial charge in [0.2, 0.25) is 0 Å². The Kier molecular flexibility index (Phi) is 6.50. The molecule has 1 unspecified atom stereocenters. The van der Waals surface area contributed by atoms with Crippen LogP contribution in [0, 0.1) is 0 Å². The Labute approximate surface area is 171 Å². The summed E-state index contributed by atoms with van der Waals surface area (Å²) in [5.74, 6) is 0.314. The molecule has 5 heteroatoms. The van der Waals surface area contributed by atoms with Crippen molar-refractivity contribution >= 4 is 11.8 Å². The monoisotopic (exact) mass is 391 g/mol. The summed E-state index contributed by atoms with van der Waals surface area (Å²) in [6.45, 7) is 2.41. The van der Waals surface area contributed by atoms with Crippen molar-refractivity contribution in [1.29, 1.82) is 0 Å². The average molecular weight is 391 g/mol. The molecule has 3 rings (SSSR count). The zero-order chi connectivity index (χ0) is 20.8. The number of allylic oxidation sites excluding steroid dienone is 2. The minimum Gasteiger partial charge on any atom is -0.497 e. The van der Waals surface area contributed by atoms with Crippen LogP contribution in [0.3, 0.4) is 0 Å². The molecular weight excluding hydrogens is 366 g/mol. The predicted octanol–water partition coefficient (Wildman–Crippen LogP) is 4.21. The van der Waals surface area contributed by atoms with Gasteiger partial charge in [-0.2, -0.15) is 0 Å². The highest BCUT2D eigenvalue weighted by Gasteiger charge is 2.29. The molecule has 0 amide bonds. The maximum Gasteiger partial charge on any atom is 0.330 e. The maximum atomic E-state index is 12.9. The molecule has 1 aliphatic rings. The predicted molar refractivity (Wildman–Crippen MR) is 111 cm³/mol. The number of Topliss-reactive ketones (excluding diaryl/α,β-unsaturated/α-hetero) is 1. The largest absolute Gasteiger partial charge is 0.497 e. The van der Waals surface area contributed by atoms with E-state index in [0.717, 1.165) is 16.9 Å². The molecule has 1 atom stereocenters. The Bertz CT molecular complexity index is 929. The molecule has 0 aromatic heterocycles. The van der Waals surface area contributed by atoms with Gasteiger partial charge in [0.15, 0.2) is 5.78 Å². The molecule has 1 heterocycles. The molecular formula is C24H25NO4. The van der Waals surface area contributed by atoms with Crippen molar-refractivity contribution in [3.63, 3.8) is 0 Å². The van der Waals surface area contributed by atoms with Gasteiger partial charge < -0.3 is 14.4 Å². The fourth-order valence-electron chi connectivity index (χ4n) is 3.45. The molecule has 0 fully saturated rings. The molecule has 150 valence electrons. The third-order valence-corrected chi connectivity index (χ3v) is 5.04. The van der Waals surface area contributed by atoms with Crippen LogP contribution in [0.4, 0.5) is 0 Å². The number of carbonyl (C=O) groups is 2. The maximum absolute atomic E-state index is 12.9. The van der Waals surface area contributed by atoms with E-state index in [2.05, 4.69) is 17.0 Å². The van der Waals surface area contributed by atoms with E-state index in [9.17, 15) is 9.59 Å². The first-order valence-corrected chi connectivity index (χ1v) is 9.47. The first kappa shape index (κ1) is 20.4. The van der Waals surface area contributed by atoms with Gasteiger partial charge in [-0.1, -0.05) is 42.5 Å². The number of ether oxygens (including phenoxy) is 2. The Balaban J connectivity index is 1.98. The normalized spacial score (nSPS) is 17.0. The number of hydrogen-bond donors (Lipinski definition) is 0. The minimum absolute atomic E-state index is 0.00721. The van der Waals surface area contributed by atoms with E-state index in [-0.39, 0.29) is 11.8 Å². The van der Waals surface area contributed by atoms with Gasteiger partial charge in [0, 0.05) is 30.8 Å². The molecule has 0 radical (unpaired) electrons. The molecule has 2 aromatic rings. The molecule has 29 heavy (non-hydrogen) atoms. The second-order valence-corrected chi connectivity index (χ2v) is 6.97. The first-order chi connectivity index (χ1) is 14.0. The van der Waals surface area contributed by atoms with Gasteiger partial charge >= 0.3 is 5.97 Å². The number of ketones is 1. The Hall–Kier alpha value is -3.34. The molecule has 0 aliphatic carbocycles. The standard InChI is InChI=1S/C24H25NO4/c1-17(13-24(27)29-3)21-16-25(15-18-7-5-4-6-8-18)22(14-23(21)26)19-9-11-20(28-2)12-10-19/h4-13,16,22H,14-15H2,1-3H3/b17-13+. The van der Waals surface area contributed by atoms with Crippen molar-refractivity contribution < 1.29 is 19.1 Å². The molecule has 0 N–H and O–H groups in total. The third-order valence-electron chi connectivity index (χ3n) is 5.04. The van der Waals surface area contributed by atoms with Crippen LogP contribution in [0.2, 0.25) is 0 Å². The fourth-order valence-corrected chi connectivity index (χ4v) is 3.45. The van der Waals surface area contributed by atoms with Gasteiger partial charge in [0.05, 0.1) is 20.3 Å². The molecule has 0 bridgehead atoms. The van der Waals surface area contributed by atoms with Gasteiger partial charge in [0.25, 0.3) is 0 Å². The van der Waals surface area contributed by atoms with Crippen LogP contribution >= 0.6 is 0 Å². The van der Waals surface area contributed by atoms with Gasteiger partial charge in [-0.15, -0.1) is 0 Å². The smallest absolute Gasteiger partial charge is 0.330 e. The van der Waals surface area contributed by atoms with Crippen molar-refractivity contribution in [3.05, 3.63) is 89.1 Å². The lowest BCUT2D eigenvalue weighted by molar-refractivity contribution is -0.134. The fraction of sp³-hybridized carbons (Fsp3) is 0.250. The van der Waals surface area contributed by atoms with E-state index < -0.39 is 5.97 Å². The zero-order valence-corrected chi connectivity index (χ0v) is 16.9. The number of nitrogens with zero attached hydrogens (tertiary/aromatic N) is 1. The summed E-state index contributed by atoms with van der Waals surface area (Å²) in [6, 6.07) is 17.8. The SMILES string of the molecule is COC(=O)/C=C(\C)C1=CN(Cc2ccccc2)C(c2ccc(OC)cc2)CC1=O. The molecule has 0 saturated carbocycles. The molecule has 2 aromatic carbocycles. The van der Waals surface area contributed by atoms with Gasteiger partial charge in [-0.25, -0.2) is 4.79 Å². The van der Waals surface area contributed by atoms with Crippen LogP contribution in [-0.2, 0) is 20.9 Å². The van der Waals surface area contributed by atoms with Crippen molar-refractivity contribution in [2.24, 2.45) is 0 Å². The van der Waals surface area contributed by atoms with Crippen LogP contribution in [0.5, 0.6) is 5.75 Å². The number of methoxy groups -OCH3 is 2. The second kappa shape index (κ2) is 9.24. The number of benzene rings is 2. The van der Waals surface area contributed by atoms with E-state index in [1.54, 1.807) is 14.0 Å². The van der Waals surface area contributed by atoms with E-state index >= 15 is 0 Å². The lowest BCUT2D eigenvalue weighted by Gasteiger charge is -2.35.